The SMILES string of the molecule is Cc1ccccc1C(=O)c1cccc([C@@H](C)N)c1. The fraction of sp³-hybridized carbons (Fsp3) is 0.188. The van der Waals surface area contributed by atoms with Gasteiger partial charge in [0.1, 0.15) is 0 Å². The van der Waals surface area contributed by atoms with Gasteiger partial charge in [0.05, 0.1) is 0 Å². The second-order valence-corrected chi connectivity index (χ2v) is 4.56. The Labute approximate surface area is 107 Å². The van der Waals surface area contributed by atoms with Crippen LogP contribution >= 0.6 is 0 Å². The molecule has 1 atom stereocenters. The first-order valence-electron chi connectivity index (χ1n) is 6.05. The van der Waals surface area contributed by atoms with Crippen molar-refractivity contribution >= 4 is 5.78 Å². The first-order chi connectivity index (χ1) is 8.59. The van der Waals surface area contributed by atoms with Crippen LogP contribution in [0, 0.1) is 6.92 Å². The number of aryl methyl sites for hydroxylation is 1. The van der Waals surface area contributed by atoms with Gasteiger partial charge < -0.3 is 5.73 Å². The van der Waals surface area contributed by atoms with Gasteiger partial charge >= 0.3 is 0 Å². The van der Waals surface area contributed by atoms with Crippen molar-refractivity contribution in [2.24, 2.45) is 5.73 Å². The predicted octanol–water partition coefficient (Wildman–Crippen LogP) is 3.25. The van der Waals surface area contributed by atoms with E-state index < -0.39 is 0 Å². The highest BCUT2D eigenvalue weighted by molar-refractivity contribution is 6.09. The third kappa shape index (κ3) is 2.49. The third-order valence-electron chi connectivity index (χ3n) is 3.06. The Hall–Kier alpha value is -1.93. The van der Waals surface area contributed by atoms with E-state index in [4.69, 9.17) is 5.73 Å². The van der Waals surface area contributed by atoms with E-state index in [1.807, 2.05) is 62.4 Å². The largest absolute Gasteiger partial charge is 0.324 e. The summed E-state index contributed by atoms with van der Waals surface area (Å²) in [6, 6.07) is 15.1. The Bertz CT molecular complexity index is 573. The van der Waals surface area contributed by atoms with E-state index >= 15 is 0 Å². The van der Waals surface area contributed by atoms with Crippen LogP contribution in [0.25, 0.3) is 0 Å². The van der Waals surface area contributed by atoms with E-state index in [0.29, 0.717) is 5.56 Å². The normalized spacial score (nSPS) is 12.2. The molecule has 92 valence electrons. The van der Waals surface area contributed by atoms with Crippen molar-refractivity contribution in [1.82, 2.24) is 0 Å². The average molecular weight is 239 g/mol. The zero-order valence-corrected chi connectivity index (χ0v) is 10.7. The highest BCUT2D eigenvalue weighted by atomic mass is 16.1. The maximum atomic E-state index is 12.4. The highest BCUT2D eigenvalue weighted by Gasteiger charge is 2.12. The molecule has 0 bridgehead atoms. The van der Waals surface area contributed by atoms with Gasteiger partial charge in [0, 0.05) is 17.2 Å². The minimum Gasteiger partial charge on any atom is -0.324 e. The second kappa shape index (κ2) is 5.15. The van der Waals surface area contributed by atoms with Crippen LogP contribution < -0.4 is 5.73 Å². The number of nitrogens with two attached hydrogens (primary N) is 1. The minimum absolute atomic E-state index is 0.0515. The lowest BCUT2D eigenvalue weighted by molar-refractivity contribution is 0.103. The molecule has 0 spiro atoms. The van der Waals surface area contributed by atoms with Crippen LogP contribution in [0.4, 0.5) is 0 Å². The van der Waals surface area contributed by atoms with Crippen molar-refractivity contribution < 1.29 is 4.79 Å². The van der Waals surface area contributed by atoms with Gasteiger partial charge in [-0.15, -0.1) is 0 Å². The molecule has 0 unspecified atom stereocenters. The van der Waals surface area contributed by atoms with Gasteiger partial charge in [-0.25, -0.2) is 0 Å². The van der Waals surface area contributed by atoms with Crippen molar-refractivity contribution in [2.45, 2.75) is 19.9 Å². The van der Waals surface area contributed by atoms with Crippen LogP contribution in [0.3, 0.4) is 0 Å². The lowest BCUT2D eigenvalue weighted by Crippen LogP contribution is -2.08. The molecule has 2 aromatic rings. The minimum atomic E-state index is -0.0605. The van der Waals surface area contributed by atoms with Gasteiger partial charge in [0.15, 0.2) is 5.78 Å². The number of carbonyl (C=O) groups excluding carboxylic acids is 1. The van der Waals surface area contributed by atoms with Gasteiger partial charge in [0.2, 0.25) is 0 Å². The number of rotatable bonds is 3. The number of hydrogen-bond acceptors (Lipinski definition) is 2. The molecular weight excluding hydrogens is 222 g/mol. The molecule has 2 rings (SSSR count). The summed E-state index contributed by atoms with van der Waals surface area (Å²) in [7, 11) is 0. The Morgan fingerprint density at radius 3 is 2.50 bits per heavy atom. The van der Waals surface area contributed by atoms with Crippen molar-refractivity contribution in [3.05, 3.63) is 70.8 Å². The number of benzene rings is 2. The van der Waals surface area contributed by atoms with Gasteiger partial charge in [-0.3, -0.25) is 4.79 Å². The van der Waals surface area contributed by atoms with Crippen molar-refractivity contribution in [1.29, 1.82) is 0 Å². The smallest absolute Gasteiger partial charge is 0.193 e. The summed E-state index contributed by atoms with van der Waals surface area (Å²) in [5.74, 6) is 0.0515. The van der Waals surface area contributed by atoms with Crippen LogP contribution in [-0.2, 0) is 0 Å². The second-order valence-electron chi connectivity index (χ2n) is 4.56. The number of ketones is 1. The van der Waals surface area contributed by atoms with Crippen LogP contribution in [0.2, 0.25) is 0 Å². The number of hydrogen-bond donors (Lipinski definition) is 1. The van der Waals surface area contributed by atoms with Gasteiger partial charge in [-0.05, 0) is 31.0 Å². The predicted molar refractivity (Wildman–Crippen MR) is 73.7 cm³/mol. The molecule has 2 heteroatoms. The number of carbonyl (C=O) groups is 1. The van der Waals surface area contributed by atoms with Gasteiger partial charge in [-0.1, -0.05) is 42.5 Å². The summed E-state index contributed by atoms with van der Waals surface area (Å²) >= 11 is 0. The molecule has 2 aromatic carbocycles. The Morgan fingerprint density at radius 1 is 1.11 bits per heavy atom. The molecule has 0 aliphatic heterocycles. The zero-order valence-electron chi connectivity index (χ0n) is 10.7. The molecule has 18 heavy (non-hydrogen) atoms. The van der Waals surface area contributed by atoms with Crippen molar-refractivity contribution in [2.75, 3.05) is 0 Å². The van der Waals surface area contributed by atoms with Crippen LogP contribution in [0.15, 0.2) is 48.5 Å². The Balaban J connectivity index is 2.41. The van der Waals surface area contributed by atoms with E-state index in [1.54, 1.807) is 0 Å². The van der Waals surface area contributed by atoms with E-state index in [0.717, 1.165) is 16.7 Å². The van der Waals surface area contributed by atoms with E-state index in [-0.39, 0.29) is 11.8 Å². The van der Waals surface area contributed by atoms with Crippen LogP contribution in [-0.4, -0.2) is 5.78 Å². The summed E-state index contributed by atoms with van der Waals surface area (Å²) in [6.07, 6.45) is 0. The molecule has 0 aliphatic rings. The highest BCUT2D eigenvalue weighted by Crippen LogP contribution is 2.17. The Morgan fingerprint density at radius 2 is 1.83 bits per heavy atom. The molecule has 0 heterocycles. The van der Waals surface area contributed by atoms with Crippen LogP contribution in [0.1, 0.15) is 40.0 Å². The lowest BCUT2D eigenvalue weighted by Gasteiger charge is -2.09. The summed E-state index contributed by atoms with van der Waals surface area (Å²) in [5.41, 5.74) is 9.26. The average Bonchev–Trinajstić information content (AvgIpc) is 2.38. The van der Waals surface area contributed by atoms with E-state index in [1.165, 1.54) is 0 Å². The first-order valence-corrected chi connectivity index (χ1v) is 6.05. The zero-order chi connectivity index (χ0) is 13.1. The maximum Gasteiger partial charge on any atom is 0.193 e. The molecule has 2 N–H and O–H groups in total. The fourth-order valence-corrected chi connectivity index (χ4v) is 1.95. The maximum absolute atomic E-state index is 12.4. The molecule has 2 nitrogen and oxygen atoms in total. The van der Waals surface area contributed by atoms with E-state index in [9.17, 15) is 4.79 Å². The van der Waals surface area contributed by atoms with Gasteiger partial charge in [0.25, 0.3) is 0 Å². The quantitative estimate of drug-likeness (QED) is 0.835. The molecule has 0 saturated carbocycles. The first kappa shape index (κ1) is 12.5. The molecule has 0 radical (unpaired) electrons. The Kier molecular flexibility index (Phi) is 3.58. The monoisotopic (exact) mass is 239 g/mol. The molecule has 0 aliphatic carbocycles. The topological polar surface area (TPSA) is 43.1 Å². The summed E-state index contributed by atoms with van der Waals surface area (Å²) in [4.78, 5) is 12.4. The molecule has 0 aromatic heterocycles. The molecular formula is C16H17NO. The fourth-order valence-electron chi connectivity index (χ4n) is 1.95. The molecule has 0 amide bonds. The third-order valence-corrected chi connectivity index (χ3v) is 3.06. The summed E-state index contributed by atoms with van der Waals surface area (Å²) in [6.45, 7) is 3.86. The lowest BCUT2D eigenvalue weighted by atomic mass is 9.97. The van der Waals surface area contributed by atoms with Crippen LogP contribution in [0.5, 0.6) is 0 Å². The molecule has 0 fully saturated rings. The standard InChI is InChI=1S/C16H17NO/c1-11-6-3-4-9-15(11)16(18)14-8-5-7-13(10-14)12(2)17/h3-10,12H,17H2,1-2H3/t12-/m1/s1. The summed E-state index contributed by atoms with van der Waals surface area (Å²) in [5, 5.41) is 0. The van der Waals surface area contributed by atoms with E-state index in [2.05, 4.69) is 0 Å². The summed E-state index contributed by atoms with van der Waals surface area (Å²) < 4.78 is 0. The molecule has 0 saturated heterocycles. The van der Waals surface area contributed by atoms with Crippen molar-refractivity contribution in [3.63, 3.8) is 0 Å². The van der Waals surface area contributed by atoms with Crippen molar-refractivity contribution in [3.8, 4) is 0 Å². The van der Waals surface area contributed by atoms with Gasteiger partial charge in [-0.2, -0.15) is 0 Å².